The van der Waals surface area contributed by atoms with Gasteiger partial charge >= 0.3 is 5.97 Å². The Morgan fingerprint density at radius 2 is 1.90 bits per heavy atom. The van der Waals surface area contributed by atoms with E-state index in [0.29, 0.717) is 6.61 Å². The van der Waals surface area contributed by atoms with Crippen molar-refractivity contribution in [1.29, 1.82) is 0 Å². The largest absolute Gasteiger partial charge is 0.463 e. The molecule has 0 spiro atoms. The minimum atomic E-state index is -0.201. The van der Waals surface area contributed by atoms with Crippen LogP contribution < -0.4 is 0 Å². The van der Waals surface area contributed by atoms with Gasteiger partial charge in [-0.1, -0.05) is 37.3 Å². The van der Waals surface area contributed by atoms with E-state index >= 15 is 0 Å². The summed E-state index contributed by atoms with van der Waals surface area (Å²) in [5.74, 6) is -0.0934. The molecule has 21 heavy (non-hydrogen) atoms. The lowest BCUT2D eigenvalue weighted by molar-refractivity contribution is -0.139. The van der Waals surface area contributed by atoms with Crippen LogP contribution in [-0.4, -0.2) is 17.5 Å². The zero-order valence-corrected chi connectivity index (χ0v) is 13.2. The molecule has 3 nitrogen and oxygen atoms in total. The minimum Gasteiger partial charge on any atom is -0.463 e. The maximum absolute atomic E-state index is 12.2. The molecule has 112 valence electrons. The third kappa shape index (κ3) is 3.35. The van der Waals surface area contributed by atoms with E-state index in [-0.39, 0.29) is 11.9 Å². The number of ether oxygens (including phenoxy) is 1. The Kier molecular flexibility index (Phi) is 4.84. The van der Waals surface area contributed by atoms with Gasteiger partial charge in [-0.15, -0.1) is 0 Å². The van der Waals surface area contributed by atoms with Gasteiger partial charge in [-0.25, -0.2) is 4.79 Å². The van der Waals surface area contributed by atoms with E-state index in [1.807, 2.05) is 32.0 Å². The van der Waals surface area contributed by atoms with Gasteiger partial charge in [0.15, 0.2) is 0 Å². The molecule has 0 saturated carbocycles. The summed E-state index contributed by atoms with van der Waals surface area (Å²) in [6, 6.07) is 10.3. The van der Waals surface area contributed by atoms with E-state index < -0.39 is 0 Å². The summed E-state index contributed by atoms with van der Waals surface area (Å²) < 4.78 is 5.22. The third-order valence-corrected chi connectivity index (χ3v) is 3.99. The molecule has 0 saturated heterocycles. The Morgan fingerprint density at radius 1 is 1.24 bits per heavy atom. The Hall–Kier alpha value is -2.03. The molecule has 2 rings (SSSR count). The van der Waals surface area contributed by atoms with Crippen LogP contribution >= 0.6 is 0 Å². The number of esters is 1. The molecule has 0 N–H and O–H groups in total. The molecule has 1 aromatic rings. The van der Waals surface area contributed by atoms with Crippen LogP contribution in [0.5, 0.6) is 0 Å². The van der Waals surface area contributed by atoms with Gasteiger partial charge in [-0.2, -0.15) is 0 Å². The molecular formula is C18H23NO2. The van der Waals surface area contributed by atoms with Crippen molar-refractivity contribution in [3.63, 3.8) is 0 Å². The van der Waals surface area contributed by atoms with Crippen LogP contribution in [0.25, 0.3) is 0 Å². The van der Waals surface area contributed by atoms with Crippen molar-refractivity contribution in [2.45, 2.75) is 34.2 Å². The number of benzene rings is 1. The molecule has 0 radical (unpaired) electrons. The van der Waals surface area contributed by atoms with Crippen LogP contribution in [0.2, 0.25) is 0 Å². The molecule has 0 fully saturated rings. The number of hydrogen-bond acceptors (Lipinski definition) is 3. The normalized spacial score (nSPS) is 18.6. The van der Waals surface area contributed by atoms with Gasteiger partial charge in [-0.3, -0.25) is 0 Å². The topological polar surface area (TPSA) is 29.5 Å². The van der Waals surface area contributed by atoms with Crippen LogP contribution in [0.4, 0.5) is 0 Å². The van der Waals surface area contributed by atoms with Crippen molar-refractivity contribution >= 4 is 5.97 Å². The predicted molar refractivity (Wildman–Crippen MR) is 84.2 cm³/mol. The number of nitrogens with zero attached hydrogens (tertiary/aromatic N) is 1. The van der Waals surface area contributed by atoms with Crippen molar-refractivity contribution in [1.82, 2.24) is 4.90 Å². The smallest absolute Gasteiger partial charge is 0.336 e. The van der Waals surface area contributed by atoms with Crippen molar-refractivity contribution in [3.8, 4) is 0 Å². The molecule has 1 atom stereocenters. The fraction of sp³-hybridized carbons (Fsp3) is 0.389. The summed E-state index contributed by atoms with van der Waals surface area (Å²) in [6.45, 7) is 9.12. The lowest BCUT2D eigenvalue weighted by Gasteiger charge is -2.32. The Labute approximate surface area is 126 Å². The summed E-state index contributed by atoms with van der Waals surface area (Å²) in [6.07, 6.45) is 2.13. The first-order chi connectivity index (χ1) is 10.0. The van der Waals surface area contributed by atoms with Crippen molar-refractivity contribution in [3.05, 3.63) is 58.9 Å². The van der Waals surface area contributed by atoms with Crippen molar-refractivity contribution in [2.75, 3.05) is 6.61 Å². The second-order valence-electron chi connectivity index (χ2n) is 5.43. The number of rotatable bonds is 4. The van der Waals surface area contributed by atoms with E-state index in [2.05, 4.69) is 37.1 Å². The molecule has 1 aliphatic heterocycles. The third-order valence-electron chi connectivity index (χ3n) is 3.99. The quantitative estimate of drug-likeness (QED) is 0.786. The molecule has 1 unspecified atom stereocenters. The Bertz CT molecular complexity index is 572. The molecule has 1 aliphatic rings. The molecule has 0 aromatic heterocycles. The van der Waals surface area contributed by atoms with Crippen LogP contribution in [0.1, 0.15) is 33.3 Å². The Morgan fingerprint density at radius 3 is 2.52 bits per heavy atom. The van der Waals surface area contributed by atoms with Crippen molar-refractivity contribution in [2.24, 2.45) is 5.92 Å². The van der Waals surface area contributed by atoms with Gasteiger partial charge in [0.1, 0.15) is 0 Å². The molecule has 0 bridgehead atoms. The van der Waals surface area contributed by atoms with Gasteiger partial charge in [0.2, 0.25) is 0 Å². The molecular weight excluding hydrogens is 262 g/mol. The minimum absolute atomic E-state index is 0.107. The molecule has 3 heteroatoms. The maximum Gasteiger partial charge on any atom is 0.336 e. The predicted octanol–water partition coefficient (Wildman–Crippen LogP) is 3.88. The molecule has 0 amide bonds. The monoisotopic (exact) mass is 285 g/mol. The molecule has 0 aliphatic carbocycles. The lowest BCUT2D eigenvalue weighted by Crippen LogP contribution is -2.28. The SMILES string of the molecule is CCOC(=O)C1=C(C)N(Cc2ccccc2)C=C(C)C1C. The number of carbonyl (C=O) groups excluding carboxylic acids is 1. The first-order valence-electron chi connectivity index (χ1n) is 7.41. The van der Waals surface area contributed by atoms with Crippen molar-refractivity contribution < 1.29 is 9.53 Å². The van der Waals surface area contributed by atoms with E-state index in [9.17, 15) is 4.79 Å². The van der Waals surface area contributed by atoms with Gasteiger partial charge in [0, 0.05) is 24.4 Å². The van der Waals surface area contributed by atoms with Crippen LogP contribution in [-0.2, 0) is 16.1 Å². The fourth-order valence-corrected chi connectivity index (χ4v) is 2.63. The average molecular weight is 285 g/mol. The first kappa shape index (κ1) is 15.4. The summed E-state index contributed by atoms with van der Waals surface area (Å²) in [4.78, 5) is 14.4. The van der Waals surface area contributed by atoms with Gasteiger partial charge in [0.05, 0.1) is 12.2 Å². The zero-order valence-electron chi connectivity index (χ0n) is 13.2. The standard InChI is InChI=1S/C18H23NO2/c1-5-21-18(20)17-14(3)13(2)11-19(15(17)4)12-16-9-7-6-8-10-16/h6-11,14H,5,12H2,1-4H3. The maximum atomic E-state index is 12.2. The number of hydrogen-bond donors (Lipinski definition) is 0. The van der Waals surface area contributed by atoms with E-state index in [4.69, 9.17) is 4.74 Å². The first-order valence-corrected chi connectivity index (χ1v) is 7.41. The van der Waals surface area contributed by atoms with Crippen LogP contribution in [0.3, 0.4) is 0 Å². The van der Waals surface area contributed by atoms with Gasteiger partial charge < -0.3 is 9.64 Å². The highest BCUT2D eigenvalue weighted by atomic mass is 16.5. The van der Waals surface area contributed by atoms with E-state index in [1.165, 1.54) is 11.1 Å². The fourth-order valence-electron chi connectivity index (χ4n) is 2.63. The van der Waals surface area contributed by atoms with E-state index in [0.717, 1.165) is 17.8 Å². The summed E-state index contributed by atoms with van der Waals surface area (Å²) in [5.41, 5.74) is 4.15. The Balaban J connectivity index is 2.30. The summed E-state index contributed by atoms with van der Waals surface area (Å²) in [7, 11) is 0. The molecule has 1 aromatic carbocycles. The summed E-state index contributed by atoms with van der Waals surface area (Å²) >= 11 is 0. The lowest BCUT2D eigenvalue weighted by atomic mass is 9.89. The highest BCUT2D eigenvalue weighted by Crippen LogP contribution is 2.32. The van der Waals surface area contributed by atoms with Crippen LogP contribution in [0, 0.1) is 5.92 Å². The highest BCUT2D eigenvalue weighted by molar-refractivity contribution is 5.90. The van der Waals surface area contributed by atoms with Gasteiger partial charge in [-0.05, 0) is 31.9 Å². The molecule has 1 heterocycles. The second kappa shape index (κ2) is 6.61. The number of allylic oxidation sites excluding steroid dienone is 2. The van der Waals surface area contributed by atoms with Gasteiger partial charge in [0.25, 0.3) is 0 Å². The highest BCUT2D eigenvalue weighted by Gasteiger charge is 2.28. The van der Waals surface area contributed by atoms with Crippen LogP contribution in [0.15, 0.2) is 53.4 Å². The average Bonchev–Trinajstić information content (AvgIpc) is 2.46. The second-order valence-corrected chi connectivity index (χ2v) is 5.43. The van der Waals surface area contributed by atoms with E-state index in [1.54, 1.807) is 0 Å². The summed E-state index contributed by atoms with van der Waals surface area (Å²) in [5, 5.41) is 0. The zero-order chi connectivity index (χ0) is 15.4. The number of carbonyl (C=O) groups is 1.